The fourth-order valence-electron chi connectivity index (χ4n) is 2.65. The highest BCUT2D eigenvalue weighted by Gasteiger charge is 2.27. The maximum absolute atomic E-state index is 13.2. The van der Waals surface area contributed by atoms with E-state index < -0.39 is 6.04 Å². The van der Waals surface area contributed by atoms with Crippen molar-refractivity contribution in [2.45, 2.75) is 45.8 Å². The normalized spacial score (nSPS) is 12.7. The van der Waals surface area contributed by atoms with Crippen LogP contribution in [0.2, 0.25) is 5.02 Å². The smallest absolute Gasteiger partial charge is 0.261 e. The molecule has 2 amide bonds. The van der Waals surface area contributed by atoms with Gasteiger partial charge >= 0.3 is 0 Å². The Morgan fingerprint density at radius 1 is 1.20 bits per heavy atom. The number of halogens is 3. The number of ether oxygens (including phenoxy) is 1. The van der Waals surface area contributed by atoms with Crippen molar-refractivity contribution in [1.29, 1.82) is 0 Å². The highest BCUT2D eigenvalue weighted by molar-refractivity contribution is 9.10. The van der Waals surface area contributed by atoms with Crippen LogP contribution in [0.15, 0.2) is 46.9 Å². The maximum Gasteiger partial charge on any atom is 0.261 e. The number of nitrogens with zero attached hydrogens (tertiary/aromatic N) is 1. The number of rotatable bonds is 9. The zero-order valence-corrected chi connectivity index (χ0v) is 19.5. The Balaban J connectivity index is 2.16. The van der Waals surface area contributed by atoms with Crippen molar-refractivity contribution in [1.82, 2.24) is 10.2 Å². The molecule has 162 valence electrons. The van der Waals surface area contributed by atoms with Crippen LogP contribution in [0.25, 0.3) is 0 Å². The van der Waals surface area contributed by atoms with Gasteiger partial charge in [0.15, 0.2) is 6.61 Å². The molecule has 2 unspecified atom stereocenters. The Labute approximate surface area is 189 Å². The van der Waals surface area contributed by atoms with E-state index in [-0.39, 0.29) is 36.8 Å². The molecule has 2 aromatic rings. The highest BCUT2D eigenvalue weighted by atomic mass is 79.9. The summed E-state index contributed by atoms with van der Waals surface area (Å²) in [6, 6.07) is 10.1. The summed E-state index contributed by atoms with van der Waals surface area (Å²) in [4.78, 5) is 27.0. The number of hydrogen-bond acceptors (Lipinski definition) is 3. The van der Waals surface area contributed by atoms with Crippen molar-refractivity contribution in [3.8, 4) is 5.75 Å². The van der Waals surface area contributed by atoms with Crippen molar-refractivity contribution >= 4 is 39.3 Å². The third-order valence-electron chi connectivity index (χ3n) is 4.68. The average Bonchev–Trinajstić information content (AvgIpc) is 2.71. The van der Waals surface area contributed by atoms with Gasteiger partial charge in [-0.2, -0.15) is 0 Å². The number of carbonyl (C=O) groups excluding carboxylic acids is 2. The van der Waals surface area contributed by atoms with Crippen LogP contribution >= 0.6 is 27.5 Å². The monoisotopic (exact) mass is 498 g/mol. The van der Waals surface area contributed by atoms with Crippen LogP contribution in [-0.4, -0.2) is 35.4 Å². The van der Waals surface area contributed by atoms with Crippen LogP contribution in [0.5, 0.6) is 5.75 Å². The minimum atomic E-state index is -0.736. The molecule has 0 bridgehead atoms. The second-order valence-electron chi connectivity index (χ2n) is 7.01. The number of amides is 2. The van der Waals surface area contributed by atoms with Gasteiger partial charge in [0, 0.05) is 17.1 Å². The molecule has 0 heterocycles. The van der Waals surface area contributed by atoms with Gasteiger partial charge in [-0.3, -0.25) is 9.59 Å². The minimum absolute atomic E-state index is 0.0134. The van der Waals surface area contributed by atoms with E-state index >= 15 is 0 Å². The third-order valence-corrected chi connectivity index (χ3v) is 5.47. The van der Waals surface area contributed by atoms with Gasteiger partial charge in [0.05, 0.1) is 5.02 Å². The average molecular weight is 500 g/mol. The molecule has 8 heteroatoms. The number of nitrogens with one attached hydrogen (secondary N) is 1. The van der Waals surface area contributed by atoms with Gasteiger partial charge in [-0.25, -0.2) is 4.39 Å². The zero-order valence-electron chi connectivity index (χ0n) is 17.1. The largest absolute Gasteiger partial charge is 0.482 e. The molecule has 0 fully saturated rings. The summed E-state index contributed by atoms with van der Waals surface area (Å²) in [7, 11) is 0. The van der Waals surface area contributed by atoms with Gasteiger partial charge in [-0.05, 0) is 56.2 Å². The summed E-state index contributed by atoms with van der Waals surface area (Å²) in [6.07, 6.45) is 0.773. The predicted molar refractivity (Wildman–Crippen MR) is 119 cm³/mol. The molecule has 0 aliphatic carbocycles. The van der Waals surface area contributed by atoms with Crippen LogP contribution < -0.4 is 10.1 Å². The first-order valence-corrected chi connectivity index (χ1v) is 10.8. The van der Waals surface area contributed by atoms with E-state index in [0.717, 1.165) is 10.9 Å². The Morgan fingerprint density at radius 2 is 1.87 bits per heavy atom. The topological polar surface area (TPSA) is 58.6 Å². The van der Waals surface area contributed by atoms with E-state index in [1.807, 2.05) is 13.8 Å². The van der Waals surface area contributed by atoms with Crippen LogP contribution in [0.4, 0.5) is 4.39 Å². The van der Waals surface area contributed by atoms with E-state index in [4.69, 9.17) is 16.3 Å². The second-order valence-corrected chi connectivity index (χ2v) is 8.33. The Hall–Kier alpha value is -2.12. The lowest BCUT2D eigenvalue weighted by Gasteiger charge is -2.29. The summed E-state index contributed by atoms with van der Waals surface area (Å²) < 4.78 is 19.6. The van der Waals surface area contributed by atoms with Crippen LogP contribution in [0.1, 0.15) is 32.8 Å². The lowest BCUT2D eigenvalue weighted by atomic mass is 10.1. The summed E-state index contributed by atoms with van der Waals surface area (Å²) in [5.41, 5.74) is 0.703. The van der Waals surface area contributed by atoms with Crippen LogP contribution in [-0.2, 0) is 16.1 Å². The lowest BCUT2D eigenvalue weighted by molar-refractivity contribution is -0.142. The van der Waals surface area contributed by atoms with Gasteiger partial charge in [0.1, 0.15) is 17.6 Å². The number of benzene rings is 2. The Bertz CT molecular complexity index is 879. The molecule has 1 N–H and O–H groups in total. The molecule has 0 aliphatic rings. The zero-order chi connectivity index (χ0) is 22.3. The lowest BCUT2D eigenvalue weighted by Crippen LogP contribution is -2.50. The Kier molecular flexibility index (Phi) is 9.11. The van der Waals surface area contributed by atoms with E-state index in [0.29, 0.717) is 16.3 Å². The molecule has 0 aliphatic heterocycles. The fraction of sp³-hybridized carbons (Fsp3) is 0.364. The molecule has 0 saturated carbocycles. The fourth-order valence-corrected chi connectivity index (χ4v) is 3.38. The summed E-state index contributed by atoms with van der Waals surface area (Å²) in [5, 5.41) is 3.25. The van der Waals surface area contributed by atoms with Crippen molar-refractivity contribution in [3.63, 3.8) is 0 Å². The number of carbonyl (C=O) groups is 2. The molecule has 0 saturated heterocycles. The quantitative estimate of drug-likeness (QED) is 0.531. The first-order chi connectivity index (χ1) is 14.2. The molecule has 0 radical (unpaired) electrons. The van der Waals surface area contributed by atoms with Gasteiger partial charge in [-0.15, -0.1) is 0 Å². The van der Waals surface area contributed by atoms with E-state index in [2.05, 4.69) is 21.2 Å². The third kappa shape index (κ3) is 6.99. The first-order valence-electron chi connectivity index (χ1n) is 9.63. The van der Waals surface area contributed by atoms with Gasteiger partial charge in [0.2, 0.25) is 5.91 Å². The van der Waals surface area contributed by atoms with Crippen LogP contribution in [0, 0.1) is 5.82 Å². The first kappa shape index (κ1) is 24.2. The molecule has 2 atom stereocenters. The van der Waals surface area contributed by atoms with Crippen molar-refractivity contribution in [3.05, 3.63) is 63.3 Å². The molecular weight excluding hydrogens is 475 g/mol. The van der Waals surface area contributed by atoms with E-state index in [1.54, 1.807) is 37.3 Å². The van der Waals surface area contributed by atoms with E-state index in [9.17, 15) is 14.0 Å². The van der Waals surface area contributed by atoms with Gasteiger partial charge < -0.3 is 15.0 Å². The van der Waals surface area contributed by atoms with Crippen molar-refractivity contribution in [2.75, 3.05) is 6.61 Å². The number of hydrogen-bond donors (Lipinski definition) is 1. The molecule has 2 rings (SSSR count). The Morgan fingerprint density at radius 3 is 2.47 bits per heavy atom. The molecule has 0 aromatic heterocycles. The molecule has 2 aromatic carbocycles. The minimum Gasteiger partial charge on any atom is -0.482 e. The van der Waals surface area contributed by atoms with Gasteiger partial charge in [-0.1, -0.05) is 46.6 Å². The van der Waals surface area contributed by atoms with Crippen molar-refractivity contribution < 1.29 is 18.7 Å². The molecular formula is C22H25BrClFN2O3. The molecule has 30 heavy (non-hydrogen) atoms. The second kappa shape index (κ2) is 11.3. The van der Waals surface area contributed by atoms with Crippen LogP contribution in [0.3, 0.4) is 0 Å². The molecule has 0 spiro atoms. The maximum atomic E-state index is 13.2. The predicted octanol–water partition coefficient (Wildman–Crippen LogP) is 4.95. The summed E-state index contributed by atoms with van der Waals surface area (Å²) in [6.45, 7) is 5.38. The van der Waals surface area contributed by atoms with Crippen molar-refractivity contribution in [2.24, 2.45) is 0 Å². The standard InChI is InChI=1S/C22H25BrClFN2O3/c1-4-14(2)26-22(29)15(3)27(12-16-5-8-18(25)9-6-16)21(28)13-30-20-10-7-17(23)11-19(20)24/h5-11,14-15H,4,12-13H2,1-3H3,(H,26,29). The summed E-state index contributed by atoms with van der Waals surface area (Å²) in [5.74, 6) is -0.648. The molecule has 5 nitrogen and oxygen atoms in total. The SMILES string of the molecule is CCC(C)NC(=O)C(C)N(Cc1ccc(F)cc1)C(=O)COc1ccc(Br)cc1Cl. The highest BCUT2D eigenvalue weighted by Crippen LogP contribution is 2.27. The summed E-state index contributed by atoms with van der Waals surface area (Å²) >= 11 is 9.46. The van der Waals surface area contributed by atoms with E-state index in [1.165, 1.54) is 17.0 Å². The van der Waals surface area contributed by atoms with Gasteiger partial charge in [0.25, 0.3) is 5.91 Å².